The molecular weight excluding hydrogens is 250 g/mol. The predicted octanol–water partition coefficient (Wildman–Crippen LogP) is 1.04. The van der Waals surface area contributed by atoms with Crippen molar-refractivity contribution in [3.8, 4) is 5.88 Å². The molecule has 7 heteroatoms. The zero-order valence-corrected chi connectivity index (χ0v) is 10.2. The number of amides is 1. The summed E-state index contributed by atoms with van der Waals surface area (Å²) in [6.07, 6.45) is 0.998. The van der Waals surface area contributed by atoms with E-state index in [1.54, 1.807) is 18.3 Å². The number of hydrogen-bond donors (Lipinski definition) is 1. The molecule has 1 aliphatic rings. The number of nitrogens with zero attached hydrogens (tertiary/aromatic N) is 3. The largest absolute Gasteiger partial charge is 0.481 e. The molecule has 0 saturated carbocycles. The van der Waals surface area contributed by atoms with Crippen molar-refractivity contribution in [3.63, 3.8) is 0 Å². The molecule has 98 valence electrons. The third kappa shape index (κ3) is 1.75. The van der Waals surface area contributed by atoms with Gasteiger partial charge in [-0.25, -0.2) is 9.78 Å². The highest BCUT2D eigenvalue weighted by Gasteiger charge is 2.27. The second kappa shape index (κ2) is 4.36. The van der Waals surface area contributed by atoms with Crippen LogP contribution < -0.4 is 9.64 Å². The maximum Gasteiger partial charge on any atom is 0.416 e. The number of fused-ring (bicyclic) bond motifs is 3. The Kier molecular flexibility index (Phi) is 2.68. The number of rotatable bonds is 2. The minimum Gasteiger partial charge on any atom is -0.481 e. The number of ether oxygens (including phenoxy) is 2. The number of pyridine rings is 2. The van der Waals surface area contributed by atoms with E-state index in [2.05, 4.69) is 9.97 Å². The molecule has 0 unspecified atom stereocenters. The van der Waals surface area contributed by atoms with E-state index in [0.29, 0.717) is 22.6 Å². The second-order valence-electron chi connectivity index (χ2n) is 3.98. The fourth-order valence-corrected chi connectivity index (χ4v) is 2.06. The van der Waals surface area contributed by atoms with Crippen molar-refractivity contribution in [2.24, 2.45) is 0 Å². The van der Waals surface area contributed by atoms with Crippen molar-refractivity contribution in [2.75, 3.05) is 18.7 Å². The van der Waals surface area contributed by atoms with Gasteiger partial charge in [0.25, 0.3) is 0 Å². The van der Waals surface area contributed by atoms with Crippen LogP contribution in [-0.2, 0) is 11.3 Å². The van der Waals surface area contributed by atoms with Crippen LogP contribution in [0.1, 0.15) is 5.56 Å². The van der Waals surface area contributed by atoms with Crippen LogP contribution in [0.3, 0.4) is 0 Å². The Morgan fingerprint density at radius 1 is 1.53 bits per heavy atom. The molecule has 3 heterocycles. The monoisotopic (exact) mass is 261 g/mol. The number of hydrogen-bond acceptors (Lipinski definition) is 6. The van der Waals surface area contributed by atoms with Crippen LogP contribution in [0.5, 0.6) is 5.88 Å². The molecule has 19 heavy (non-hydrogen) atoms. The zero-order valence-electron chi connectivity index (χ0n) is 10.2. The molecule has 0 bridgehead atoms. The van der Waals surface area contributed by atoms with Gasteiger partial charge in [0.1, 0.15) is 13.3 Å². The number of carbonyl (C=O) groups excluding carboxylic acids is 1. The zero-order chi connectivity index (χ0) is 13.4. The molecule has 0 fully saturated rings. The normalized spacial score (nSPS) is 14.2. The summed E-state index contributed by atoms with van der Waals surface area (Å²) in [5, 5.41) is 10.00. The van der Waals surface area contributed by atoms with E-state index in [1.165, 1.54) is 7.11 Å². The number of methoxy groups -OCH3 is 1. The highest BCUT2D eigenvalue weighted by molar-refractivity contribution is 6.01. The molecule has 2 aromatic rings. The van der Waals surface area contributed by atoms with Crippen molar-refractivity contribution in [2.45, 2.75) is 6.61 Å². The Morgan fingerprint density at radius 2 is 2.37 bits per heavy atom. The quantitative estimate of drug-likeness (QED) is 0.869. The lowest BCUT2D eigenvalue weighted by atomic mass is 10.1. The summed E-state index contributed by atoms with van der Waals surface area (Å²) in [4.78, 5) is 21.2. The lowest BCUT2D eigenvalue weighted by Gasteiger charge is -2.27. The van der Waals surface area contributed by atoms with Gasteiger partial charge in [-0.2, -0.15) is 4.98 Å². The van der Waals surface area contributed by atoms with E-state index in [4.69, 9.17) is 9.47 Å². The molecule has 0 atom stereocenters. The summed E-state index contributed by atoms with van der Waals surface area (Å²) in [6.45, 7) is -0.323. The van der Waals surface area contributed by atoms with Crippen LogP contribution in [0.4, 0.5) is 10.5 Å². The summed E-state index contributed by atoms with van der Waals surface area (Å²) in [7, 11) is 1.52. The van der Waals surface area contributed by atoms with Gasteiger partial charge in [0.15, 0.2) is 5.65 Å². The van der Waals surface area contributed by atoms with Crippen LogP contribution in [-0.4, -0.2) is 35.0 Å². The third-order valence-electron chi connectivity index (χ3n) is 2.94. The first-order valence-corrected chi connectivity index (χ1v) is 5.62. The molecule has 0 saturated heterocycles. The number of cyclic esters (lactones) is 1. The van der Waals surface area contributed by atoms with Crippen molar-refractivity contribution < 1.29 is 19.4 Å². The average Bonchev–Trinajstić information content (AvgIpc) is 2.46. The predicted molar refractivity (Wildman–Crippen MR) is 65.8 cm³/mol. The van der Waals surface area contributed by atoms with E-state index >= 15 is 0 Å². The van der Waals surface area contributed by atoms with Crippen LogP contribution >= 0.6 is 0 Å². The second-order valence-corrected chi connectivity index (χ2v) is 3.98. The lowest BCUT2D eigenvalue weighted by molar-refractivity contribution is 0.133. The first-order chi connectivity index (χ1) is 9.24. The maximum absolute atomic E-state index is 11.6. The van der Waals surface area contributed by atoms with E-state index in [1.807, 2.05) is 0 Å². The average molecular weight is 261 g/mol. The topological polar surface area (TPSA) is 84.8 Å². The van der Waals surface area contributed by atoms with Crippen molar-refractivity contribution in [3.05, 3.63) is 23.9 Å². The molecule has 1 amide bonds. The van der Waals surface area contributed by atoms with Crippen LogP contribution in [0.25, 0.3) is 11.0 Å². The Morgan fingerprint density at radius 3 is 3.11 bits per heavy atom. The van der Waals surface area contributed by atoms with Gasteiger partial charge < -0.3 is 14.6 Å². The molecule has 2 aromatic heterocycles. The fraction of sp³-hybridized carbons (Fsp3) is 0.250. The third-order valence-corrected chi connectivity index (χ3v) is 2.94. The standard InChI is InChI=1S/C12H11N3O4/c1-18-9-3-2-8-10-7(4-13-11(8)14-9)5-19-12(17)15(10)6-16/h2-4,16H,5-6H2,1H3. The Bertz CT molecular complexity index is 659. The first-order valence-electron chi connectivity index (χ1n) is 5.62. The van der Waals surface area contributed by atoms with Crippen LogP contribution in [0, 0.1) is 0 Å². The Labute approximate surface area is 108 Å². The summed E-state index contributed by atoms with van der Waals surface area (Å²) in [6, 6.07) is 3.44. The van der Waals surface area contributed by atoms with E-state index < -0.39 is 12.8 Å². The van der Waals surface area contributed by atoms with Crippen LogP contribution in [0.15, 0.2) is 18.3 Å². The summed E-state index contributed by atoms with van der Waals surface area (Å²) >= 11 is 0. The molecule has 1 N–H and O–H groups in total. The summed E-state index contributed by atoms with van der Waals surface area (Å²) in [5.74, 6) is 0.439. The molecule has 0 spiro atoms. The van der Waals surface area contributed by atoms with E-state index in [9.17, 15) is 9.90 Å². The van der Waals surface area contributed by atoms with Crippen molar-refractivity contribution in [1.29, 1.82) is 0 Å². The van der Waals surface area contributed by atoms with Gasteiger partial charge in [-0.3, -0.25) is 4.90 Å². The lowest BCUT2D eigenvalue weighted by Crippen LogP contribution is -2.36. The number of aliphatic hydroxyl groups excluding tert-OH is 1. The van der Waals surface area contributed by atoms with Gasteiger partial charge in [0, 0.05) is 23.2 Å². The van der Waals surface area contributed by atoms with E-state index in [0.717, 1.165) is 10.5 Å². The number of aromatic nitrogens is 2. The molecule has 0 radical (unpaired) electrons. The first kappa shape index (κ1) is 11.7. The molecule has 0 aliphatic carbocycles. The smallest absolute Gasteiger partial charge is 0.416 e. The van der Waals surface area contributed by atoms with Gasteiger partial charge in [-0.15, -0.1) is 0 Å². The number of anilines is 1. The van der Waals surface area contributed by atoms with Gasteiger partial charge in [0.2, 0.25) is 5.88 Å². The Balaban J connectivity index is 2.26. The van der Waals surface area contributed by atoms with E-state index in [-0.39, 0.29) is 6.61 Å². The summed E-state index contributed by atoms with van der Waals surface area (Å²) in [5.41, 5.74) is 1.76. The fourth-order valence-electron chi connectivity index (χ4n) is 2.06. The van der Waals surface area contributed by atoms with Gasteiger partial charge in [-0.1, -0.05) is 0 Å². The summed E-state index contributed by atoms with van der Waals surface area (Å²) < 4.78 is 9.98. The SMILES string of the molecule is COc1ccc2c3c(cnc2n1)COC(=O)N3CO. The highest BCUT2D eigenvalue weighted by atomic mass is 16.6. The molecular formula is C12H11N3O4. The molecule has 3 rings (SSSR count). The van der Waals surface area contributed by atoms with Gasteiger partial charge in [-0.05, 0) is 6.07 Å². The highest BCUT2D eigenvalue weighted by Crippen LogP contribution is 2.33. The maximum atomic E-state index is 11.6. The number of carbonyl (C=O) groups is 1. The minimum absolute atomic E-state index is 0.139. The molecule has 7 nitrogen and oxygen atoms in total. The van der Waals surface area contributed by atoms with Crippen LogP contribution in [0.2, 0.25) is 0 Å². The minimum atomic E-state index is -0.585. The Hall–Kier alpha value is -2.41. The van der Waals surface area contributed by atoms with Crippen molar-refractivity contribution in [1.82, 2.24) is 9.97 Å². The van der Waals surface area contributed by atoms with Gasteiger partial charge >= 0.3 is 6.09 Å². The van der Waals surface area contributed by atoms with Crippen molar-refractivity contribution >= 4 is 22.8 Å². The number of aliphatic hydroxyl groups is 1. The van der Waals surface area contributed by atoms with Gasteiger partial charge in [0.05, 0.1) is 12.8 Å². The molecule has 1 aliphatic heterocycles. The molecule has 0 aromatic carbocycles.